The minimum absolute atomic E-state index is 0.118. The monoisotopic (exact) mass is 703 g/mol. The summed E-state index contributed by atoms with van der Waals surface area (Å²) in [6.07, 6.45) is 0. The van der Waals surface area contributed by atoms with Gasteiger partial charge in [-0.1, -0.05) is 147 Å². The van der Waals surface area contributed by atoms with Crippen molar-refractivity contribution in [2.24, 2.45) is 0 Å². The number of benzene rings is 9. The van der Waals surface area contributed by atoms with Gasteiger partial charge in [0.15, 0.2) is 0 Å². The summed E-state index contributed by atoms with van der Waals surface area (Å²) in [5, 5.41) is 7.03. The van der Waals surface area contributed by atoms with Crippen molar-refractivity contribution in [3.05, 3.63) is 199 Å². The van der Waals surface area contributed by atoms with Crippen LogP contribution in [0.2, 0.25) is 0 Å². The van der Waals surface area contributed by atoms with Crippen molar-refractivity contribution >= 4 is 60.5 Å². The standard InChI is InChI=1S/C53H37NO/c1-53(2)49-19-11-10-17-43(49)44-28-26-41(32-50(44)53)54(39-24-22-35(23-25-39)38-21-20-34-12-6-7-15-37(34)30-38)40-27-29-51-47(31-40)48-33-46(36-13-4-3-5-14-36)42-16-8-9-18-45(42)52(48)55-51/h3-33H,1-2H3. The molecular weight excluding hydrogens is 667 g/mol. The molecule has 0 aliphatic heterocycles. The highest BCUT2D eigenvalue weighted by Gasteiger charge is 2.35. The number of fused-ring (bicyclic) bond motifs is 9. The van der Waals surface area contributed by atoms with Crippen molar-refractivity contribution in [3.63, 3.8) is 0 Å². The van der Waals surface area contributed by atoms with Crippen molar-refractivity contribution < 1.29 is 4.42 Å². The molecule has 0 N–H and O–H groups in total. The Hall–Kier alpha value is -6.90. The zero-order valence-corrected chi connectivity index (χ0v) is 30.8. The summed E-state index contributed by atoms with van der Waals surface area (Å²) in [4.78, 5) is 2.40. The summed E-state index contributed by atoms with van der Waals surface area (Å²) in [5.74, 6) is 0. The van der Waals surface area contributed by atoms with Crippen LogP contribution in [0.4, 0.5) is 17.1 Å². The molecule has 1 aliphatic carbocycles. The van der Waals surface area contributed by atoms with Gasteiger partial charge in [0.25, 0.3) is 0 Å². The van der Waals surface area contributed by atoms with Crippen LogP contribution in [0, 0.1) is 0 Å². The number of hydrogen-bond acceptors (Lipinski definition) is 2. The third kappa shape index (κ3) is 4.95. The molecule has 0 radical (unpaired) electrons. The minimum Gasteiger partial charge on any atom is -0.455 e. The van der Waals surface area contributed by atoms with E-state index >= 15 is 0 Å². The zero-order chi connectivity index (χ0) is 36.7. The molecule has 0 saturated heterocycles. The first-order chi connectivity index (χ1) is 27.0. The van der Waals surface area contributed by atoms with Gasteiger partial charge < -0.3 is 9.32 Å². The van der Waals surface area contributed by atoms with Crippen LogP contribution < -0.4 is 4.90 Å². The van der Waals surface area contributed by atoms with Crippen LogP contribution in [0.25, 0.3) is 76.9 Å². The average molecular weight is 704 g/mol. The molecule has 55 heavy (non-hydrogen) atoms. The highest BCUT2D eigenvalue weighted by molar-refractivity contribution is 6.19. The summed E-state index contributed by atoms with van der Waals surface area (Å²) < 4.78 is 6.70. The van der Waals surface area contributed by atoms with Gasteiger partial charge in [-0.25, -0.2) is 0 Å². The molecule has 0 saturated carbocycles. The molecule has 0 amide bonds. The second-order valence-electron chi connectivity index (χ2n) is 15.3. The van der Waals surface area contributed by atoms with Gasteiger partial charge in [0.1, 0.15) is 11.2 Å². The van der Waals surface area contributed by atoms with Crippen LogP contribution in [0.3, 0.4) is 0 Å². The topological polar surface area (TPSA) is 16.4 Å². The van der Waals surface area contributed by atoms with E-state index in [0.717, 1.165) is 44.4 Å². The fraction of sp³-hybridized carbons (Fsp3) is 0.0566. The van der Waals surface area contributed by atoms with Gasteiger partial charge in [0.05, 0.1) is 0 Å². The Morgan fingerprint density at radius 3 is 1.89 bits per heavy atom. The molecule has 260 valence electrons. The van der Waals surface area contributed by atoms with Crippen LogP contribution in [-0.2, 0) is 5.41 Å². The Morgan fingerprint density at radius 2 is 1.04 bits per heavy atom. The lowest BCUT2D eigenvalue weighted by molar-refractivity contribution is 0.660. The molecule has 0 atom stereocenters. The molecule has 0 spiro atoms. The molecule has 10 aromatic rings. The van der Waals surface area contributed by atoms with Crippen molar-refractivity contribution in [1.29, 1.82) is 0 Å². The van der Waals surface area contributed by atoms with E-state index in [0.29, 0.717) is 0 Å². The fourth-order valence-electron chi connectivity index (χ4n) is 9.03. The SMILES string of the molecule is CC1(C)c2ccccc2-c2ccc(N(c3ccc(-c4ccc5ccccc5c4)cc3)c3ccc4oc5c6ccccc6c(-c6ccccc6)cc5c4c3)cc21. The molecule has 1 aliphatic rings. The second-order valence-corrected chi connectivity index (χ2v) is 15.3. The highest BCUT2D eigenvalue weighted by atomic mass is 16.3. The summed E-state index contributed by atoms with van der Waals surface area (Å²) in [5.41, 5.74) is 15.2. The summed E-state index contributed by atoms with van der Waals surface area (Å²) in [7, 11) is 0. The molecule has 1 heterocycles. The van der Waals surface area contributed by atoms with Crippen LogP contribution in [0.15, 0.2) is 192 Å². The Kier molecular flexibility index (Phi) is 6.93. The first-order valence-electron chi connectivity index (χ1n) is 19.1. The molecule has 0 fully saturated rings. The molecule has 9 aromatic carbocycles. The van der Waals surface area contributed by atoms with Gasteiger partial charge in [-0.05, 0) is 115 Å². The van der Waals surface area contributed by atoms with Crippen LogP contribution in [-0.4, -0.2) is 0 Å². The van der Waals surface area contributed by atoms with E-state index in [1.165, 1.54) is 60.7 Å². The average Bonchev–Trinajstić information content (AvgIpc) is 3.72. The molecule has 2 nitrogen and oxygen atoms in total. The molecule has 1 aromatic heterocycles. The summed E-state index contributed by atoms with van der Waals surface area (Å²) >= 11 is 0. The fourth-order valence-corrected chi connectivity index (χ4v) is 9.03. The Labute approximate surface area is 320 Å². The number of nitrogens with zero attached hydrogens (tertiary/aromatic N) is 1. The Bertz CT molecular complexity index is 3110. The molecule has 0 bridgehead atoms. The highest BCUT2D eigenvalue weighted by Crippen LogP contribution is 2.51. The first-order valence-corrected chi connectivity index (χ1v) is 19.1. The van der Waals surface area contributed by atoms with Gasteiger partial charge >= 0.3 is 0 Å². The molecule has 2 heteroatoms. The van der Waals surface area contributed by atoms with Gasteiger partial charge in [0, 0.05) is 38.6 Å². The molecule has 11 rings (SSSR count). The number of anilines is 3. The van der Waals surface area contributed by atoms with Gasteiger partial charge in [0.2, 0.25) is 0 Å². The van der Waals surface area contributed by atoms with E-state index in [4.69, 9.17) is 4.42 Å². The summed E-state index contributed by atoms with van der Waals surface area (Å²) in [6.45, 7) is 4.70. The quantitative estimate of drug-likeness (QED) is 0.177. The van der Waals surface area contributed by atoms with Gasteiger partial charge in [-0.3, -0.25) is 0 Å². The van der Waals surface area contributed by atoms with Crippen LogP contribution in [0.5, 0.6) is 0 Å². The van der Waals surface area contributed by atoms with Crippen molar-refractivity contribution in [2.45, 2.75) is 19.3 Å². The maximum absolute atomic E-state index is 6.70. The lowest BCUT2D eigenvalue weighted by Crippen LogP contribution is -2.16. The minimum atomic E-state index is -0.118. The van der Waals surface area contributed by atoms with E-state index in [1.807, 2.05) is 0 Å². The number of rotatable bonds is 5. The smallest absolute Gasteiger partial charge is 0.143 e. The van der Waals surface area contributed by atoms with Gasteiger partial charge in [-0.2, -0.15) is 0 Å². The van der Waals surface area contributed by atoms with Crippen LogP contribution in [0.1, 0.15) is 25.0 Å². The molecular formula is C53H37NO. The maximum atomic E-state index is 6.70. The lowest BCUT2D eigenvalue weighted by atomic mass is 9.82. The lowest BCUT2D eigenvalue weighted by Gasteiger charge is -2.28. The van der Waals surface area contributed by atoms with Crippen molar-refractivity contribution in [2.75, 3.05) is 4.90 Å². The first kappa shape index (κ1) is 31.6. The van der Waals surface area contributed by atoms with Gasteiger partial charge in [-0.15, -0.1) is 0 Å². The third-order valence-corrected chi connectivity index (χ3v) is 11.8. The Balaban J connectivity index is 1.10. The van der Waals surface area contributed by atoms with Crippen molar-refractivity contribution in [1.82, 2.24) is 0 Å². The number of furan rings is 1. The van der Waals surface area contributed by atoms with Crippen LogP contribution >= 0.6 is 0 Å². The van der Waals surface area contributed by atoms with E-state index in [1.54, 1.807) is 0 Å². The normalized spacial score (nSPS) is 13.1. The molecule has 0 unspecified atom stereocenters. The predicted molar refractivity (Wildman–Crippen MR) is 232 cm³/mol. The van der Waals surface area contributed by atoms with E-state index in [-0.39, 0.29) is 5.41 Å². The predicted octanol–water partition coefficient (Wildman–Crippen LogP) is 15.0. The third-order valence-electron chi connectivity index (χ3n) is 11.8. The van der Waals surface area contributed by atoms with Crippen molar-refractivity contribution in [3.8, 4) is 33.4 Å². The zero-order valence-electron chi connectivity index (χ0n) is 30.8. The maximum Gasteiger partial charge on any atom is 0.143 e. The van der Waals surface area contributed by atoms with E-state index < -0.39 is 0 Å². The largest absolute Gasteiger partial charge is 0.455 e. The second kappa shape index (κ2) is 12.1. The Morgan fingerprint density at radius 1 is 0.382 bits per heavy atom. The van der Waals surface area contributed by atoms with E-state index in [2.05, 4.69) is 207 Å². The number of hydrogen-bond donors (Lipinski definition) is 0. The van der Waals surface area contributed by atoms with E-state index in [9.17, 15) is 0 Å². The summed E-state index contributed by atoms with van der Waals surface area (Å²) in [6, 6.07) is 68.4.